The maximum atomic E-state index is 11.5. The van der Waals surface area contributed by atoms with Gasteiger partial charge >= 0.3 is 5.97 Å². The summed E-state index contributed by atoms with van der Waals surface area (Å²) in [5.74, 6) is -0.280. The average molecular weight is 216 g/mol. The van der Waals surface area contributed by atoms with Crippen molar-refractivity contribution in [2.45, 2.75) is 13.8 Å². The summed E-state index contributed by atoms with van der Waals surface area (Å²) in [4.78, 5) is 11.5. The molecule has 1 aromatic carbocycles. The van der Waals surface area contributed by atoms with Gasteiger partial charge < -0.3 is 4.74 Å². The maximum Gasteiger partial charge on any atom is 0.337 e. The van der Waals surface area contributed by atoms with Crippen molar-refractivity contribution in [3.63, 3.8) is 0 Å². The molecule has 0 heterocycles. The van der Waals surface area contributed by atoms with Gasteiger partial charge in [-0.3, -0.25) is 0 Å². The summed E-state index contributed by atoms with van der Waals surface area (Å²) in [6, 6.07) is 9.84. The standard InChI is InChI=1S/C14H16O2/c1-3-13(14(15)16-4-2)11-10-12-8-6-5-7-9-12/h3,5-11H,4H2,1-2H3/b11-10+,13-3+. The van der Waals surface area contributed by atoms with Crippen molar-refractivity contribution >= 4 is 12.0 Å². The van der Waals surface area contributed by atoms with Crippen LogP contribution >= 0.6 is 0 Å². The summed E-state index contributed by atoms with van der Waals surface area (Å²) >= 11 is 0. The fourth-order valence-electron chi connectivity index (χ4n) is 1.25. The minimum absolute atomic E-state index is 0.280. The summed E-state index contributed by atoms with van der Waals surface area (Å²) in [5, 5.41) is 0. The van der Waals surface area contributed by atoms with E-state index in [-0.39, 0.29) is 5.97 Å². The molecule has 0 saturated heterocycles. The lowest BCUT2D eigenvalue weighted by Gasteiger charge is -2.01. The van der Waals surface area contributed by atoms with Gasteiger partial charge in [0.1, 0.15) is 0 Å². The number of hydrogen-bond acceptors (Lipinski definition) is 2. The molecule has 0 saturated carbocycles. The first kappa shape index (κ1) is 12.2. The van der Waals surface area contributed by atoms with Gasteiger partial charge in [0.15, 0.2) is 0 Å². The Bertz CT molecular complexity index is 388. The molecule has 0 amide bonds. The molecule has 0 aliphatic rings. The molecule has 1 aromatic rings. The Kier molecular flexibility index (Phi) is 5.06. The minimum Gasteiger partial charge on any atom is -0.462 e. The Labute approximate surface area is 96.2 Å². The molecule has 0 aliphatic heterocycles. The van der Waals surface area contributed by atoms with E-state index < -0.39 is 0 Å². The number of hydrogen-bond donors (Lipinski definition) is 0. The van der Waals surface area contributed by atoms with Crippen LogP contribution in [0.15, 0.2) is 48.1 Å². The van der Waals surface area contributed by atoms with E-state index in [0.717, 1.165) is 5.56 Å². The highest BCUT2D eigenvalue weighted by atomic mass is 16.5. The molecule has 0 bridgehead atoms. The van der Waals surface area contributed by atoms with E-state index in [1.54, 1.807) is 19.1 Å². The van der Waals surface area contributed by atoms with Crippen LogP contribution in [0.2, 0.25) is 0 Å². The lowest BCUT2D eigenvalue weighted by atomic mass is 10.1. The van der Waals surface area contributed by atoms with Gasteiger partial charge in [-0.05, 0) is 25.5 Å². The first-order valence-electron chi connectivity index (χ1n) is 5.34. The fourth-order valence-corrected chi connectivity index (χ4v) is 1.25. The molecule has 0 radical (unpaired) electrons. The van der Waals surface area contributed by atoms with Gasteiger partial charge in [0.2, 0.25) is 0 Å². The molecule has 2 heteroatoms. The summed E-state index contributed by atoms with van der Waals surface area (Å²) in [7, 11) is 0. The molecule has 0 aromatic heterocycles. The summed E-state index contributed by atoms with van der Waals surface area (Å²) < 4.78 is 4.92. The number of benzene rings is 1. The first-order valence-corrected chi connectivity index (χ1v) is 5.34. The largest absolute Gasteiger partial charge is 0.462 e. The molecule has 16 heavy (non-hydrogen) atoms. The highest BCUT2D eigenvalue weighted by Crippen LogP contribution is 2.06. The van der Waals surface area contributed by atoms with Gasteiger partial charge in [0, 0.05) is 0 Å². The van der Waals surface area contributed by atoms with Crippen molar-refractivity contribution < 1.29 is 9.53 Å². The predicted octanol–water partition coefficient (Wildman–Crippen LogP) is 3.21. The zero-order valence-corrected chi connectivity index (χ0v) is 9.64. The second kappa shape index (κ2) is 6.62. The summed E-state index contributed by atoms with van der Waals surface area (Å²) in [6.07, 6.45) is 5.41. The van der Waals surface area contributed by atoms with Crippen LogP contribution in [0.1, 0.15) is 19.4 Å². The topological polar surface area (TPSA) is 26.3 Å². The van der Waals surface area contributed by atoms with Crippen LogP contribution < -0.4 is 0 Å². The lowest BCUT2D eigenvalue weighted by Crippen LogP contribution is -2.05. The minimum atomic E-state index is -0.280. The second-order valence-corrected chi connectivity index (χ2v) is 3.21. The molecule has 0 spiro atoms. The molecular formula is C14H16O2. The van der Waals surface area contributed by atoms with Crippen molar-refractivity contribution in [3.8, 4) is 0 Å². The molecule has 1 rings (SSSR count). The zero-order valence-electron chi connectivity index (χ0n) is 9.64. The van der Waals surface area contributed by atoms with Crippen molar-refractivity contribution in [2.75, 3.05) is 6.61 Å². The van der Waals surface area contributed by atoms with Crippen LogP contribution in [-0.2, 0) is 9.53 Å². The number of allylic oxidation sites excluding steroid dienone is 1. The Morgan fingerprint density at radius 1 is 1.31 bits per heavy atom. The number of rotatable bonds is 4. The van der Waals surface area contributed by atoms with E-state index in [4.69, 9.17) is 4.74 Å². The van der Waals surface area contributed by atoms with E-state index in [2.05, 4.69) is 0 Å². The van der Waals surface area contributed by atoms with E-state index in [1.165, 1.54) is 0 Å². The lowest BCUT2D eigenvalue weighted by molar-refractivity contribution is -0.138. The van der Waals surface area contributed by atoms with Gasteiger partial charge in [0.25, 0.3) is 0 Å². The second-order valence-electron chi connectivity index (χ2n) is 3.21. The van der Waals surface area contributed by atoms with E-state index in [9.17, 15) is 4.79 Å². The highest BCUT2D eigenvalue weighted by molar-refractivity contribution is 5.92. The Balaban J connectivity index is 2.72. The fraction of sp³-hybridized carbons (Fsp3) is 0.214. The number of esters is 1. The van der Waals surface area contributed by atoms with E-state index in [1.807, 2.05) is 43.3 Å². The van der Waals surface area contributed by atoms with Crippen LogP contribution in [0.3, 0.4) is 0 Å². The molecule has 84 valence electrons. The molecule has 0 unspecified atom stereocenters. The monoisotopic (exact) mass is 216 g/mol. The normalized spacial score (nSPS) is 11.8. The Hall–Kier alpha value is -1.83. The smallest absolute Gasteiger partial charge is 0.337 e. The highest BCUT2D eigenvalue weighted by Gasteiger charge is 2.04. The van der Waals surface area contributed by atoms with Crippen LogP contribution in [0.5, 0.6) is 0 Å². The van der Waals surface area contributed by atoms with Gasteiger partial charge in [-0.1, -0.05) is 42.5 Å². The SMILES string of the molecule is C/C=C(\C=C\c1ccccc1)C(=O)OCC. The summed E-state index contributed by atoms with van der Waals surface area (Å²) in [6.45, 7) is 4.02. The first-order chi connectivity index (χ1) is 7.77. The Morgan fingerprint density at radius 2 is 2.00 bits per heavy atom. The maximum absolute atomic E-state index is 11.5. The van der Waals surface area contributed by atoms with Crippen LogP contribution in [0, 0.1) is 0 Å². The van der Waals surface area contributed by atoms with E-state index >= 15 is 0 Å². The third-order valence-electron chi connectivity index (χ3n) is 2.08. The van der Waals surface area contributed by atoms with Gasteiger partial charge in [-0.25, -0.2) is 4.79 Å². The third-order valence-corrected chi connectivity index (χ3v) is 2.08. The average Bonchev–Trinajstić information content (AvgIpc) is 2.31. The summed E-state index contributed by atoms with van der Waals surface area (Å²) in [5.41, 5.74) is 1.64. The van der Waals surface area contributed by atoms with E-state index in [0.29, 0.717) is 12.2 Å². The van der Waals surface area contributed by atoms with Crippen LogP contribution in [-0.4, -0.2) is 12.6 Å². The molecule has 2 nitrogen and oxygen atoms in total. The molecule has 0 atom stereocenters. The molecule has 0 fully saturated rings. The number of carbonyl (C=O) groups is 1. The van der Waals surface area contributed by atoms with Crippen molar-refractivity contribution in [1.29, 1.82) is 0 Å². The molecule has 0 aliphatic carbocycles. The van der Waals surface area contributed by atoms with Crippen LogP contribution in [0.4, 0.5) is 0 Å². The van der Waals surface area contributed by atoms with Crippen molar-refractivity contribution in [1.82, 2.24) is 0 Å². The van der Waals surface area contributed by atoms with Gasteiger partial charge in [-0.15, -0.1) is 0 Å². The Morgan fingerprint density at radius 3 is 2.56 bits per heavy atom. The van der Waals surface area contributed by atoms with Crippen molar-refractivity contribution in [3.05, 3.63) is 53.6 Å². The van der Waals surface area contributed by atoms with Gasteiger partial charge in [-0.2, -0.15) is 0 Å². The molecule has 0 N–H and O–H groups in total. The zero-order chi connectivity index (χ0) is 11.8. The third kappa shape index (κ3) is 3.73. The number of ether oxygens (including phenoxy) is 1. The van der Waals surface area contributed by atoms with Crippen LogP contribution in [0.25, 0.3) is 6.08 Å². The molecular weight excluding hydrogens is 200 g/mol. The van der Waals surface area contributed by atoms with Crippen molar-refractivity contribution in [2.24, 2.45) is 0 Å². The quantitative estimate of drug-likeness (QED) is 0.439. The number of carbonyl (C=O) groups excluding carboxylic acids is 1. The van der Waals surface area contributed by atoms with Gasteiger partial charge in [0.05, 0.1) is 12.2 Å². The predicted molar refractivity (Wildman–Crippen MR) is 65.9 cm³/mol.